The van der Waals surface area contributed by atoms with E-state index in [1.165, 1.54) is 32.4 Å². The Hall–Kier alpha value is -0.0800. The molecule has 94 valence electrons. The number of rotatable bonds is 1. The van der Waals surface area contributed by atoms with Crippen LogP contribution in [0.15, 0.2) is 0 Å². The minimum absolute atomic E-state index is 0.340. The Balaban J connectivity index is 2.13. The van der Waals surface area contributed by atoms with Crippen LogP contribution in [0.2, 0.25) is 0 Å². The van der Waals surface area contributed by atoms with Crippen LogP contribution in [-0.2, 0) is 0 Å². The van der Waals surface area contributed by atoms with E-state index in [0.29, 0.717) is 11.6 Å². The van der Waals surface area contributed by atoms with Crippen LogP contribution >= 0.6 is 0 Å². The molecule has 0 aromatic heterocycles. The van der Waals surface area contributed by atoms with E-state index >= 15 is 0 Å². The monoisotopic (exact) mass is 224 g/mol. The Kier molecular flexibility index (Phi) is 3.33. The lowest BCUT2D eigenvalue weighted by Gasteiger charge is -2.40. The van der Waals surface area contributed by atoms with Gasteiger partial charge in [0.1, 0.15) is 0 Å². The van der Waals surface area contributed by atoms with Gasteiger partial charge in [0.15, 0.2) is 0 Å². The molecule has 2 rings (SSSR count). The van der Waals surface area contributed by atoms with Gasteiger partial charge in [0.25, 0.3) is 0 Å². The van der Waals surface area contributed by atoms with Gasteiger partial charge in [-0.05, 0) is 53.9 Å². The van der Waals surface area contributed by atoms with Crippen molar-refractivity contribution in [3.8, 4) is 0 Å². The summed E-state index contributed by atoms with van der Waals surface area (Å²) in [5.74, 6) is 0. The zero-order chi connectivity index (χ0) is 11.9. The van der Waals surface area contributed by atoms with Crippen LogP contribution in [0.4, 0.5) is 0 Å². The van der Waals surface area contributed by atoms with Crippen molar-refractivity contribution in [2.24, 2.45) is 0 Å². The van der Waals surface area contributed by atoms with Crippen molar-refractivity contribution in [3.63, 3.8) is 0 Å². The molecule has 0 aromatic carbocycles. The summed E-state index contributed by atoms with van der Waals surface area (Å²) in [7, 11) is 0. The van der Waals surface area contributed by atoms with Crippen LogP contribution in [0.1, 0.15) is 53.9 Å². The van der Waals surface area contributed by atoms with Crippen LogP contribution in [0.25, 0.3) is 0 Å². The fourth-order valence-corrected chi connectivity index (χ4v) is 3.67. The Morgan fingerprint density at radius 1 is 1.00 bits per heavy atom. The average Bonchev–Trinajstić information content (AvgIpc) is 2.45. The molecule has 1 heterocycles. The Morgan fingerprint density at radius 3 is 2.19 bits per heavy atom. The first-order valence-corrected chi connectivity index (χ1v) is 6.92. The molecule has 0 radical (unpaired) electrons. The predicted octanol–water partition coefficient (Wildman–Crippen LogP) is 2.73. The van der Waals surface area contributed by atoms with Crippen LogP contribution < -0.4 is 0 Å². The van der Waals surface area contributed by atoms with Crippen molar-refractivity contribution in [1.29, 1.82) is 0 Å². The zero-order valence-corrected chi connectivity index (χ0v) is 11.7. The Morgan fingerprint density at radius 2 is 1.62 bits per heavy atom. The number of nitrogens with zero attached hydrogens (tertiary/aromatic N) is 2. The average molecular weight is 224 g/mol. The van der Waals surface area contributed by atoms with Gasteiger partial charge in [0, 0.05) is 36.8 Å². The molecule has 1 saturated carbocycles. The van der Waals surface area contributed by atoms with Crippen LogP contribution in [0.5, 0.6) is 0 Å². The third-order valence-corrected chi connectivity index (χ3v) is 4.41. The quantitative estimate of drug-likeness (QED) is 0.676. The summed E-state index contributed by atoms with van der Waals surface area (Å²) in [6, 6.07) is 2.41. The van der Waals surface area contributed by atoms with Crippen molar-refractivity contribution in [1.82, 2.24) is 9.80 Å². The molecule has 2 bridgehead atoms. The molecule has 2 nitrogen and oxygen atoms in total. The van der Waals surface area contributed by atoms with E-state index in [2.05, 4.69) is 44.4 Å². The zero-order valence-electron chi connectivity index (χ0n) is 11.7. The highest BCUT2D eigenvalue weighted by atomic mass is 15.3. The molecular weight excluding hydrogens is 196 g/mol. The molecular formula is C14H28N2. The first-order valence-electron chi connectivity index (χ1n) is 6.92. The van der Waals surface area contributed by atoms with Crippen molar-refractivity contribution in [3.05, 3.63) is 0 Å². The number of hydrogen-bond donors (Lipinski definition) is 0. The Bertz CT molecular complexity index is 242. The fraction of sp³-hybridized carbons (Fsp3) is 1.00. The lowest BCUT2D eigenvalue weighted by Crippen LogP contribution is -2.49. The molecule has 2 fully saturated rings. The second-order valence-electron chi connectivity index (χ2n) is 6.82. The van der Waals surface area contributed by atoms with Gasteiger partial charge in [-0.1, -0.05) is 0 Å². The largest absolute Gasteiger partial charge is 0.297 e. The van der Waals surface area contributed by atoms with E-state index in [4.69, 9.17) is 0 Å². The standard InChI is InChI=1S/C14H28N2/c1-11(2)15-8-9-16(14(3,4)5)13-7-6-12(15)10-13/h11-13H,6-10H2,1-5H3. The Labute approximate surface area is 101 Å². The highest BCUT2D eigenvalue weighted by Crippen LogP contribution is 2.35. The first-order chi connectivity index (χ1) is 7.39. The maximum atomic E-state index is 2.75. The van der Waals surface area contributed by atoms with Gasteiger partial charge in [-0.2, -0.15) is 0 Å². The summed E-state index contributed by atoms with van der Waals surface area (Å²) >= 11 is 0. The van der Waals surface area contributed by atoms with Crippen LogP contribution in [0.3, 0.4) is 0 Å². The predicted molar refractivity (Wildman–Crippen MR) is 69.7 cm³/mol. The highest BCUT2D eigenvalue weighted by molar-refractivity contribution is 4.96. The first kappa shape index (κ1) is 12.4. The SMILES string of the molecule is CC(C)N1CCN(C(C)(C)C)C2CCC1C2. The van der Waals surface area contributed by atoms with Gasteiger partial charge in [0.05, 0.1) is 0 Å². The summed E-state index contributed by atoms with van der Waals surface area (Å²) in [5, 5.41) is 0. The minimum atomic E-state index is 0.340. The second kappa shape index (κ2) is 4.30. The van der Waals surface area contributed by atoms with Crippen molar-refractivity contribution >= 4 is 0 Å². The van der Waals surface area contributed by atoms with Gasteiger partial charge < -0.3 is 0 Å². The topological polar surface area (TPSA) is 6.48 Å². The van der Waals surface area contributed by atoms with E-state index in [1.54, 1.807) is 0 Å². The highest BCUT2D eigenvalue weighted by Gasteiger charge is 2.40. The fourth-order valence-electron chi connectivity index (χ4n) is 3.67. The molecule has 1 aliphatic heterocycles. The molecule has 2 aliphatic rings. The normalized spacial score (nSPS) is 33.4. The molecule has 16 heavy (non-hydrogen) atoms. The smallest absolute Gasteiger partial charge is 0.0128 e. The van der Waals surface area contributed by atoms with Gasteiger partial charge in [0.2, 0.25) is 0 Å². The van der Waals surface area contributed by atoms with Gasteiger partial charge in [-0.3, -0.25) is 9.80 Å². The maximum absolute atomic E-state index is 2.75. The third kappa shape index (κ3) is 2.28. The molecule has 0 aromatic rings. The lowest BCUT2D eigenvalue weighted by atomic mass is 10.0. The van der Waals surface area contributed by atoms with E-state index < -0.39 is 0 Å². The molecule has 0 N–H and O–H groups in total. The molecule has 2 atom stereocenters. The van der Waals surface area contributed by atoms with E-state index in [1.807, 2.05) is 0 Å². The van der Waals surface area contributed by atoms with Gasteiger partial charge in [-0.25, -0.2) is 0 Å². The summed E-state index contributed by atoms with van der Waals surface area (Å²) in [6.45, 7) is 14.3. The second-order valence-corrected chi connectivity index (χ2v) is 6.82. The maximum Gasteiger partial charge on any atom is 0.0128 e. The molecule has 0 spiro atoms. The summed E-state index contributed by atoms with van der Waals surface area (Å²) in [4.78, 5) is 5.47. The molecule has 1 aliphatic carbocycles. The van der Waals surface area contributed by atoms with Crippen molar-refractivity contribution < 1.29 is 0 Å². The molecule has 2 heteroatoms. The summed E-state index contributed by atoms with van der Waals surface area (Å²) in [5.41, 5.74) is 0.340. The number of hydrogen-bond acceptors (Lipinski definition) is 2. The molecule has 0 amide bonds. The van der Waals surface area contributed by atoms with Crippen LogP contribution in [-0.4, -0.2) is 46.6 Å². The van der Waals surface area contributed by atoms with Crippen molar-refractivity contribution in [2.75, 3.05) is 13.1 Å². The number of fused-ring (bicyclic) bond motifs is 2. The van der Waals surface area contributed by atoms with Crippen LogP contribution in [0, 0.1) is 0 Å². The molecule has 2 unspecified atom stereocenters. The third-order valence-electron chi connectivity index (χ3n) is 4.41. The van der Waals surface area contributed by atoms with E-state index in [9.17, 15) is 0 Å². The van der Waals surface area contributed by atoms with Crippen molar-refractivity contribution in [2.45, 2.75) is 77.5 Å². The minimum Gasteiger partial charge on any atom is -0.297 e. The van der Waals surface area contributed by atoms with Gasteiger partial charge in [-0.15, -0.1) is 0 Å². The lowest BCUT2D eigenvalue weighted by molar-refractivity contribution is 0.0775. The van der Waals surface area contributed by atoms with E-state index in [-0.39, 0.29) is 0 Å². The van der Waals surface area contributed by atoms with E-state index in [0.717, 1.165) is 12.1 Å². The van der Waals surface area contributed by atoms with Gasteiger partial charge >= 0.3 is 0 Å². The summed E-state index contributed by atoms with van der Waals surface area (Å²) < 4.78 is 0. The molecule has 1 saturated heterocycles. The summed E-state index contributed by atoms with van der Waals surface area (Å²) in [6.07, 6.45) is 4.22.